The van der Waals surface area contributed by atoms with E-state index >= 15 is 0 Å². The molecule has 0 heterocycles. The summed E-state index contributed by atoms with van der Waals surface area (Å²) in [7, 11) is 0. The Labute approximate surface area is 87.7 Å². The van der Waals surface area contributed by atoms with Crippen LogP contribution in [0.15, 0.2) is 24.3 Å². The van der Waals surface area contributed by atoms with Gasteiger partial charge in [-0.25, -0.2) is 0 Å². The first-order valence-electron chi connectivity index (χ1n) is 4.06. The molecule has 3 heteroatoms. The third-order valence-corrected chi connectivity index (χ3v) is 2.24. The van der Waals surface area contributed by atoms with Crippen LogP contribution in [0.4, 0.5) is 0 Å². The third-order valence-electron chi connectivity index (χ3n) is 1.84. The molecular weight excluding hydrogens is 207 g/mol. The van der Waals surface area contributed by atoms with E-state index in [1.54, 1.807) is 12.1 Å². The molecule has 0 fully saturated rings. The quantitative estimate of drug-likeness (QED) is 0.561. The maximum Gasteiger partial charge on any atom is 0.195 e. The number of carbonyl (C=O) groups excluding carboxylic acids is 1. The Morgan fingerprint density at radius 2 is 1.85 bits per heavy atom. The van der Waals surface area contributed by atoms with Crippen molar-refractivity contribution in [1.82, 2.24) is 0 Å². The van der Waals surface area contributed by atoms with Crippen molar-refractivity contribution >= 4 is 29.0 Å². The number of ketones is 1. The highest BCUT2D eigenvalue weighted by Crippen LogP contribution is 2.12. The van der Waals surface area contributed by atoms with Gasteiger partial charge in [0.1, 0.15) is 0 Å². The van der Waals surface area contributed by atoms with E-state index in [1.807, 2.05) is 12.1 Å². The van der Waals surface area contributed by atoms with Crippen LogP contribution < -0.4 is 0 Å². The number of rotatable bonds is 3. The Balaban J connectivity index is 2.86. The highest BCUT2D eigenvalue weighted by molar-refractivity contribution is 6.55. The minimum atomic E-state index is -0.965. The lowest BCUT2D eigenvalue weighted by Gasteiger charge is -2.01. The largest absolute Gasteiger partial charge is 0.291 e. The van der Waals surface area contributed by atoms with Crippen LogP contribution in [0.2, 0.25) is 0 Å². The first-order chi connectivity index (χ1) is 6.15. The fourth-order valence-corrected chi connectivity index (χ4v) is 1.28. The van der Waals surface area contributed by atoms with Gasteiger partial charge < -0.3 is 0 Å². The molecule has 0 unspecified atom stereocenters. The molecule has 0 radical (unpaired) electrons. The molecule has 1 aromatic rings. The number of carbonyl (C=O) groups is 1. The summed E-state index contributed by atoms with van der Waals surface area (Å²) < 4.78 is 0. The zero-order valence-corrected chi connectivity index (χ0v) is 8.77. The van der Waals surface area contributed by atoms with Crippen molar-refractivity contribution in [2.45, 2.75) is 18.2 Å². The van der Waals surface area contributed by atoms with Crippen LogP contribution in [-0.4, -0.2) is 10.6 Å². The molecule has 0 aliphatic rings. The van der Waals surface area contributed by atoms with Gasteiger partial charge in [-0.3, -0.25) is 4.79 Å². The standard InChI is InChI=1S/C10H10Cl2O/c1-2-7-3-5-8(6-4-7)9(13)10(11)12/h3-6,10H,2H2,1H3. The van der Waals surface area contributed by atoms with Crippen molar-refractivity contribution < 1.29 is 4.79 Å². The molecule has 0 aliphatic carbocycles. The normalized spacial score (nSPS) is 10.5. The van der Waals surface area contributed by atoms with Crippen molar-refractivity contribution in [2.24, 2.45) is 0 Å². The van der Waals surface area contributed by atoms with Crippen LogP contribution in [-0.2, 0) is 6.42 Å². The molecule has 13 heavy (non-hydrogen) atoms. The third kappa shape index (κ3) is 2.71. The number of aryl methyl sites for hydroxylation is 1. The summed E-state index contributed by atoms with van der Waals surface area (Å²) in [5.74, 6) is -0.244. The number of Topliss-reactive ketones (excluding diaryl/α,β-unsaturated/α-hetero) is 1. The smallest absolute Gasteiger partial charge is 0.195 e. The van der Waals surface area contributed by atoms with E-state index in [-0.39, 0.29) is 5.78 Å². The predicted octanol–water partition coefficient (Wildman–Crippen LogP) is 3.24. The van der Waals surface area contributed by atoms with Gasteiger partial charge in [-0.05, 0) is 12.0 Å². The van der Waals surface area contributed by atoms with E-state index in [0.29, 0.717) is 5.56 Å². The summed E-state index contributed by atoms with van der Waals surface area (Å²) >= 11 is 10.9. The lowest BCUT2D eigenvalue weighted by atomic mass is 10.1. The molecule has 0 saturated heterocycles. The van der Waals surface area contributed by atoms with Gasteiger partial charge in [-0.15, -0.1) is 0 Å². The lowest BCUT2D eigenvalue weighted by Crippen LogP contribution is -2.07. The van der Waals surface area contributed by atoms with Crippen LogP contribution in [0.25, 0.3) is 0 Å². The Hall–Kier alpha value is -0.530. The van der Waals surface area contributed by atoms with Gasteiger partial charge in [-0.2, -0.15) is 0 Å². The summed E-state index contributed by atoms with van der Waals surface area (Å²) in [5.41, 5.74) is 1.75. The van der Waals surface area contributed by atoms with Crippen molar-refractivity contribution in [3.8, 4) is 0 Å². The van der Waals surface area contributed by atoms with E-state index in [4.69, 9.17) is 23.2 Å². The van der Waals surface area contributed by atoms with Gasteiger partial charge in [-0.1, -0.05) is 54.4 Å². The molecule has 1 aromatic carbocycles. The maximum absolute atomic E-state index is 11.3. The van der Waals surface area contributed by atoms with Crippen LogP contribution in [0.5, 0.6) is 0 Å². The lowest BCUT2D eigenvalue weighted by molar-refractivity contribution is 0.101. The number of hydrogen-bond donors (Lipinski definition) is 0. The van der Waals surface area contributed by atoms with Crippen LogP contribution >= 0.6 is 23.2 Å². The Bertz CT molecular complexity index is 290. The molecule has 1 nitrogen and oxygen atoms in total. The SMILES string of the molecule is CCc1ccc(C(=O)C(Cl)Cl)cc1. The molecule has 0 amide bonds. The van der Waals surface area contributed by atoms with Gasteiger partial charge >= 0.3 is 0 Å². The molecule has 0 aliphatic heterocycles. The molecule has 0 N–H and O–H groups in total. The Kier molecular flexibility index (Phi) is 3.76. The van der Waals surface area contributed by atoms with Gasteiger partial charge in [0.25, 0.3) is 0 Å². The topological polar surface area (TPSA) is 17.1 Å². The Morgan fingerprint density at radius 3 is 2.23 bits per heavy atom. The Morgan fingerprint density at radius 1 is 1.31 bits per heavy atom. The molecular formula is C10H10Cl2O. The van der Waals surface area contributed by atoms with Crippen molar-refractivity contribution in [3.05, 3.63) is 35.4 Å². The fourth-order valence-electron chi connectivity index (χ4n) is 1.03. The predicted molar refractivity (Wildman–Crippen MR) is 55.6 cm³/mol. The van der Waals surface area contributed by atoms with E-state index < -0.39 is 4.84 Å². The molecule has 0 aromatic heterocycles. The average Bonchev–Trinajstić information content (AvgIpc) is 2.17. The zero-order chi connectivity index (χ0) is 9.84. The van der Waals surface area contributed by atoms with Gasteiger partial charge in [0.2, 0.25) is 0 Å². The van der Waals surface area contributed by atoms with E-state index in [2.05, 4.69) is 6.92 Å². The van der Waals surface area contributed by atoms with Gasteiger partial charge in [0, 0.05) is 5.56 Å². The van der Waals surface area contributed by atoms with Crippen LogP contribution in [0.1, 0.15) is 22.8 Å². The molecule has 0 saturated carbocycles. The van der Waals surface area contributed by atoms with Crippen molar-refractivity contribution in [2.75, 3.05) is 0 Å². The molecule has 1 rings (SSSR count). The minimum absolute atomic E-state index is 0.244. The number of benzene rings is 1. The summed E-state index contributed by atoms with van der Waals surface area (Å²) in [5, 5.41) is 0. The number of halogens is 2. The fraction of sp³-hybridized carbons (Fsp3) is 0.300. The zero-order valence-electron chi connectivity index (χ0n) is 7.26. The highest BCUT2D eigenvalue weighted by atomic mass is 35.5. The minimum Gasteiger partial charge on any atom is -0.291 e. The first-order valence-corrected chi connectivity index (χ1v) is 4.93. The number of alkyl halides is 2. The highest BCUT2D eigenvalue weighted by Gasteiger charge is 2.13. The first kappa shape index (κ1) is 10.6. The summed E-state index contributed by atoms with van der Waals surface area (Å²) in [6, 6.07) is 7.31. The van der Waals surface area contributed by atoms with Crippen LogP contribution in [0, 0.1) is 0 Å². The second kappa shape index (κ2) is 4.64. The maximum atomic E-state index is 11.3. The summed E-state index contributed by atoms with van der Waals surface area (Å²) in [6.07, 6.45) is 0.958. The van der Waals surface area contributed by atoms with E-state index in [9.17, 15) is 4.79 Å². The van der Waals surface area contributed by atoms with Crippen molar-refractivity contribution in [3.63, 3.8) is 0 Å². The van der Waals surface area contributed by atoms with E-state index in [0.717, 1.165) is 6.42 Å². The second-order valence-corrected chi connectivity index (χ2v) is 3.81. The summed E-state index contributed by atoms with van der Waals surface area (Å²) in [4.78, 5) is 10.3. The second-order valence-electron chi connectivity index (χ2n) is 2.72. The van der Waals surface area contributed by atoms with Crippen molar-refractivity contribution in [1.29, 1.82) is 0 Å². The number of hydrogen-bond acceptors (Lipinski definition) is 1. The molecule has 0 bridgehead atoms. The van der Waals surface area contributed by atoms with E-state index in [1.165, 1.54) is 5.56 Å². The van der Waals surface area contributed by atoms with Gasteiger partial charge in [0.15, 0.2) is 10.6 Å². The van der Waals surface area contributed by atoms with Crippen LogP contribution in [0.3, 0.4) is 0 Å². The monoisotopic (exact) mass is 216 g/mol. The van der Waals surface area contributed by atoms with Gasteiger partial charge in [0.05, 0.1) is 0 Å². The molecule has 0 spiro atoms. The summed E-state index contributed by atoms with van der Waals surface area (Å²) in [6.45, 7) is 2.06. The molecule has 70 valence electrons. The molecule has 0 atom stereocenters. The average molecular weight is 217 g/mol.